The SMILES string of the molecule is O=C1CCN(c2ccnc(NCc3ccccc3)n2)CC1. The largest absolute Gasteiger partial charge is 0.356 e. The van der Waals surface area contributed by atoms with Crippen LogP contribution in [-0.2, 0) is 11.3 Å². The molecule has 108 valence electrons. The monoisotopic (exact) mass is 282 g/mol. The van der Waals surface area contributed by atoms with E-state index >= 15 is 0 Å². The van der Waals surface area contributed by atoms with Gasteiger partial charge in [-0.1, -0.05) is 30.3 Å². The van der Waals surface area contributed by atoms with Crippen LogP contribution in [0.3, 0.4) is 0 Å². The minimum Gasteiger partial charge on any atom is -0.356 e. The lowest BCUT2D eigenvalue weighted by molar-refractivity contribution is -0.119. The normalized spacial score (nSPS) is 15.0. The first-order valence-corrected chi connectivity index (χ1v) is 7.19. The predicted molar refractivity (Wildman–Crippen MR) is 82.3 cm³/mol. The molecule has 1 aliphatic heterocycles. The second-order valence-corrected chi connectivity index (χ2v) is 5.10. The summed E-state index contributed by atoms with van der Waals surface area (Å²) in [5.41, 5.74) is 1.19. The highest BCUT2D eigenvalue weighted by molar-refractivity contribution is 5.80. The van der Waals surface area contributed by atoms with Gasteiger partial charge in [0.1, 0.15) is 11.6 Å². The number of benzene rings is 1. The van der Waals surface area contributed by atoms with Crippen LogP contribution < -0.4 is 10.2 Å². The van der Waals surface area contributed by atoms with Crippen LogP contribution in [0.1, 0.15) is 18.4 Å². The van der Waals surface area contributed by atoms with Crippen molar-refractivity contribution in [3.8, 4) is 0 Å². The number of piperidine rings is 1. The standard InChI is InChI=1S/C16H18N4O/c21-14-7-10-20(11-8-14)15-6-9-17-16(19-15)18-12-13-4-2-1-3-5-13/h1-6,9H,7-8,10-12H2,(H,17,18,19). The lowest BCUT2D eigenvalue weighted by Crippen LogP contribution is -2.34. The summed E-state index contributed by atoms with van der Waals surface area (Å²) < 4.78 is 0. The quantitative estimate of drug-likeness (QED) is 0.932. The maximum Gasteiger partial charge on any atom is 0.224 e. The van der Waals surface area contributed by atoms with Crippen molar-refractivity contribution in [2.75, 3.05) is 23.3 Å². The fourth-order valence-corrected chi connectivity index (χ4v) is 2.37. The van der Waals surface area contributed by atoms with Crippen molar-refractivity contribution in [1.29, 1.82) is 0 Å². The topological polar surface area (TPSA) is 58.1 Å². The number of carbonyl (C=O) groups excluding carboxylic acids is 1. The molecule has 0 atom stereocenters. The summed E-state index contributed by atoms with van der Waals surface area (Å²) in [6.45, 7) is 2.19. The highest BCUT2D eigenvalue weighted by atomic mass is 16.1. The van der Waals surface area contributed by atoms with Crippen molar-refractivity contribution >= 4 is 17.5 Å². The van der Waals surface area contributed by atoms with Crippen molar-refractivity contribution in [2.24, 2.45) is 0 Å². The number of carbonyl (C=O) groups is 1. The molecule has 0 radical (unpaired) electrons. The van der Waals surface area contributed by atoms with Gasteiger partial charge in [-0.25, -0.2) is 4.98 Å². The number of hydrogen-bond donors (Lipinski definition) is 1. The van der Waals surface area contributed by atoms with Gasteiger partial charge in [-0.05, 0) is 11.6 Å². The second kappa shape index (κ2) is 6.35. The molecule has 0 bridgehead atoms. The van der Waals surface area contributed by atoms with E-state index in [4.69, 9.17) is 0 Å². The fourth-order valence-electron chi connectivity index (χ4n) is 2.37. The summed E-state index contributed by atoms with van der Waals surface area (Å²) in [4.78, 5) is 22.2. The van der Waals surface area contributed by atoms with Gasteiger partial charge in [0.05, 0.1) is 0 Å². The Morgan fingerprint density at radius 1 is 1.10 bits per heavy atom. The molecule has 1 aliphatic rings. The van der Waals surface area contributed by atoms with Crippen LogP contribution >= 0.6 is 0 Å². The number of Topliss-reactive ketones (excluding diaryl/α,β-unsaturated/α-hetero) is 1. The minimum atomic E-state index is 0.336. The van der Waals surface area contributed by atoms with Crippen LogP contribution in [0.2, 0.25) is 0 Å². The maximum absolute atomic E-state index is 11.3. The van der Waals surface area contributed by atoms with Crippen molar-refractivity contribution in [1.82, 2.24) is 9.97 Å². The molecule has 1 aromatic heterocycles. The third-order valence-electron chi connectivity index (χ3n) is 3.58. The van der Waals surface area contributed by atoms with E-state index in [-0.39, 0.29) is 0 Å². The highest BCUT2D eigenvalue weighted by Gasteiger charge is 2.17. The van der Waals surface area contributed by atoms with Crippen LogP contribution in [0.25, 0.3) is 0 Å². The smallest absolute Gasteiger partial charge is 0.224 e. The van der Waals surface area contributed by atoms with E-state index in [0.717, 1.165) is 18.9 Å². The Labute approximate surface area is 124 Å². The molecule has 1 fully saturated rings. The summed E-state index contributed by atoms with van der Waals surface area (Å²) in [7, 11) is 0. The molecule has 0 saturated carbocycles. The van der Waals surface area contributed by atoms with Gasteiger partial charge in [0.25, 0.3) is 0 Å². The van der Waals surface area contributed by atoms with Crippen LogP contribution in [0.4, 0.5) is 11.8 Å². The number of rotatable bonds is 4. The summed E-state index contributed by atoms with van der Waals surface area (Å²) in [5.74, 6) is 1.84. The second-order valence-electron chi connectivity index (χ2n) is 5.10. The van der Waals surface area contributed by atoms with E-state index in [0.29, 0.717) is 31.1 Å². The molecule has 1 aromatic carbocycles. The van der Waals surface area contributed by atoms with Gasteiger partial charge in [-0.15, -0.1) is 0 Å². The Hall–Kier alpha value is -2.43. The van der Waals surface area contributed by atoms with Crippen molar-refractivity contribution in [3.05, 3.63) is 48.2 Å². The first-order chi connectivity index (χ1) is 10.3. The van der Waals surface area contributed by atoms with Gasteiger partial charge in [-0.3, -0.25) is 4.79 Å². The van der Waals surface area contributed by atoms with Crippen LogP contribution in [-0.4, -0.2) is 28.8 Å². The van der Waals surface area contributed by atoms with E-state index in [1.807, 2.05) is 24.3 Å². The van der Waals surface area contributed by atoms with Gasteiger partial charge in [0.2, 0.25) is 5.95 Å². The first kappa shape index (κ1) is 13.5. The molecule has 1 saturated heterocycles. The molecule has 1 N–H and O–H groups in total. The van der Waals surface area contributed by atoms with Gasteiger partial charge in [-0.2, -0.15) is 4.98 Å². The van der Waals surface area contributed by atoms with E-state index in [1.54, 1.807) is 6.20 Å². The van der Waals surface area contributed by atoms with Crippen molar-refractivity contribution in [3.63, 3.8) is 0 Å². The molecule has 3 rings (SSSR count). The van der Waals surface area contributed by atoms with Crippen LogP contribution in [0.15, 0.2) is 42.6 Å². The van der Waals surface area contributed by atoms with Gasteiger partial charge in [0.15, 0.2) is 0 Å². The number of nitrogens with zero attached hydrogens (tertiary/aromatic N) is 3. The van der Waals surface area contributed by atoms with E-state index in [1.165, 1.54) is 5.56 Å². The zero-order valence-electron chi connectivity index (χ0n) is 11.8. The van der Waals surface area contributed by atoms with Crippen molar-refractivity contribution in [2.45, 2.75) is 19.4 Å². The van der Waals surface area contributed by atoms with Gasteiger partial charge in [0, 0.05) is 38.7 Å². The number of anilines is 2. The van der Waals surface area contributed by atoms with E-state index < -0.39 is 0 Å². The lowest BCUT2D eigenvalue weighted by atomic mass is 10.1. The molecule has 0 spiro atoms. The summed E-state index contributed by atoms with van der Waals surface area (Å²) in [6, 6.07) is 12.0. The average Bonchev–Trinajstić information content (AvgIpc) is 2.55. The molecule has 0 unspecified atom stereocenters. The van der Waals surface area contributed by atoms with Crippen LogP contribution in [0, 0.1) is 0 Å². The highest BCUT2D eigenvalue weighted by Crippen LogP contribution is 2.17. The number of ketones is 1. The predicted octanol–water partition coefficient (Wildman–Crippen LogP) is 2.26. The fraction of sp³-hybridized carbons (Fsp3) is 0.312. The first-order valence-electron chi connectivity index (χ1n) is 7.19. The van der Waals surface area contributed by atoms with E-state index in [9.17, 15) is 4.79 Å². The molecule has 2 aromatic rings. The summed E-state index contributed by atoms with van der Waals surface area (Å²) >= 11 is 0. The summed E-state index contributed by atoms with van der Waals surface area (Å²) in [6.07, 6.45) is 2.97. The average molecular weight is 282 g/mol. The Kier molecular flexibility index (Phi) is 4.09. The Bertz CT molecular complexity index is 605. The lowest BCUT2D eigenvalue weighted by Gasteiger charge is -2.27. The molecule has 0 aliphatic carbocycles. The van der Waals surface area contributed by atoms with Crippen molar-refractivity contribution < 1.29 is 4.79 Å². The molecular weight excluding hydrogens is 264 g/mol. The number of hydrogen-bond acceptors (Lipinski definition) is 5. The zero-order valence-corrected chi connectivity index (χ0v) is 11.8. The Balaban J connectivity index is 1.64. The molecule has 5 heteroatoms. The van der Waals surface area contributed by atoms with Crippen LogP contribution in [0.5, 0.6) is 0 Å². The third kappa shape index (κ3) is 3.56. The number of aromatic nitrogens is 2. The molecular formula is C16H18N4O. The molecule has 2 heterocycles. The maximum atomic E-state index is 11.3. The molecule has 0 amide bonds. The molecule has 5 nitrogen and oxygen atoms in total. The minimum absolute atomic E-state index is 0.336. The number of nitrogens with one attached hydrogen (secondary N) is 1. The van der Waals surface area contributed by atoms with E-state index in [2.05, 4.69) is 32.3 Å². The Morgan fingerprint density at radius 3 is 2.62 bits per heavy atom. The van der Waals surface area contributed by atoms with Gasteiger partial charge >= 0.3 is 0 Å². The van der Waals surface area contributed by atoms with Gasteiger partial charge < -0.3 is 10.2 Å². The third-order valence-corrected chi connectivity index (χ3v) is 3.58. The summed E-state index contributed by atoms with van der Waals surface area (Å²) in [5, 5.41) is 3.23. The Morgan fingerprint density at radius 2 is 1.86 bits per heavy atom. The zero-order chi connectivity index (χ0) is 14.5. The molecule has 21 heavy (non-hydrogen) atoms.